The average molecular weight is 745 g/mol. The number of unbranched alkanes of at least 4 members (excludes halogenated alkanes) is 4. The van der Waals surface area contributed by atoms with Gasteiger partial charge < -0.3 is 20.4 Å². The van der Waals surface area contributed by atoms with Gasteiger partial charge in [-0.1, -0.05) is 117 Å². The first-order valence-electron chi connectivity index (χ1n) is 19.7. The second-order valence-electron chi connectivity index (χ2n) is 14.4. The highest BCUT2D eigenvalue weighted by molar-refractivity contribution is 5.92. The number of benzene rings is 4. The molecule has 0 aliphatic heterocycles. The van der Waals surface area contributed by atoms with Crippen LogP contribution in [0.25, 0.3) is 10.9 Å². The van der Waals surface area contributed by atoms with Crippen LogP contribution < -0.4 is 20.9 Å². The molecule has 55 heavy (non-hydrogen) atoms. The summed E-state index contributed by atoms with van der Waals surface area (Å²) >= 11 is 0. The molecule has 0 unspecified atom stereocenters. The van der Waals surface area contributed by atoms with E-state index in [1.165, 1.54) is 5.56 Å². The summed E-state index contributed by atoms with van der Waals surface area (Å²) in [6.45, 7) is 0.412. The molecule has 5 aromatic rings. The number of para-hydroxylation sites is 1. The van der Waals surface area contributed by atoms with Crippen molar-refractivity contribution in [1.29, 1.82) is 0 Å². The molecule has 3 atom stereocenters. The number of fused-ring (bicyclic) bond motifs is 1. The second kappa shape index (κ2) is 22.1. The zero-order valence-corrected chi connectivity index (χ0v) is 32.0. The number of aromatic nitrogens is 1. The number of carbonyl (C=O) groups is 3. The summed E-state index contributed by atoms with van der Waals surface area (Å²) in [5.41, 5.74) is 7.24. The van der Waals surface area contributed by atoms with Gasteiger partial charge in [0.2, 0.25) is 17.7 Å². The molecule has 9 nitrogen and oxygen atoms in total. The number of nitrogens with one attached hydrogen (secondary N) is 4. The molecule has 9 heteroatoms. The lowest BCUT2D eigenvalue weighted by atomic mass is 9.82. The molecular weight excluding hydrogens is 689 g/mol. The Morgan fingerprint density at radius 2 is 1.22 bits per heavy atom. The van der Waals surface area contributed by atoms with E-state index in [0.29, 0.717) is 38.6 Å². The number of amides is 3. The lowest BCUT2D eigenvalue weighted by Crippen LogP contribution is -2.52. The fourth-order valence-electron chi connectivity index (χ4n) is 7.41. The molecular formula is C46H56N4O5. The first kappa shape index (κ1) is 40.8. The first-order chi connectivity index (χ1) is 26.9. The van der Waals surface area contributed by atoms with Gasteiger partial charge in [-0.15, -0.1) is 0 Å². The van der Waals surface area contributed by atoms with Crippen LogP contribution in [0.3, 0.4) is 0 Å². The lowest BCUT2D eigenvalue weighted by molar-refractivity contribution is -0.141. The normalized spacial score (nSPS) is 12.8. The SMILES string of the molecule is COc1ccc(CCC[C@H](C(=O)N[C@H](Cc2c[nH]c3ccccc23)C(=O)NCCc2ccccc2)[C@@H](CCCCCCCc2ccccc2)C(=O)NO)cc1. The number of hydroxylamine groups is 1. The van der Waals surface area contributed by atoms with Crippen molar-refractivity contribution in [3.05, 3.63) is 138 Å². The minimum atomic E-state index is -0.881. The van der Waals surface area contributed by atoms with Gasteiger partial charge in [-0.3, -0.25) is 19.6 Å². The maximum absolute atomic E-state index is 14.5. The average Bonchev–Trinajstić information content (AvgIpc) is 3.63. The molecule has 0 saturated carbocycles. The summed E-state index contributed by atoms with van der Waals surface area (Å²) in [6.07, 6.45) is 10.9. The topological polar surface area (TPSA) is 133 Å². The Bertz CT molecular complexity index is 1890. The van der Waals surface area contributed by atoms with Crippen LogP contribution in [0, 0.1) is 11.8 Å². The van der Waals surface area contributed by atoms with Gasteiger partial charge in [-0.2, -0.15) is 0 Å². The lowest BCUT2D eigenvalue weighted by Gasteiger charge is -2.27. The van der Waals surface area contributed by atoms with E-state index >= 15 is 0 Å². The third-order valence-corrected chi connectivity index (χ3v) is 10.5. The first-order valence-corrected chi connectivity index (χ1v) is 19.7. The predicted octanol–water partition coefficient (Wildman–Crippen LogP) is 7.91. The molecule has 1 heterocycles. The molecule has 1 aromatic heterocycles. The maximum Gasteiger partial charge on any atom is 0.247 e. The smallest absolute Gasteiger partial charge is 0.247 e. The van der Waals surface area contributed by atoms with Crippen LogP contribution in [-0.4, -0.2) is 47.6 Å². The van der Waals surface area contributed by atoms with Gasteiger partial charge in [0.15, 0.2) is 0 Å². The van der Waals surface area contributed by atoms with E-state index in [9.17, 15) is 19.6 Å². The van der Waals surface area contributed by atoms with Crippen LogP contribution in [0.4, 0.5) is 0 Å². The Kier molecular flexibility index (Phi) is 16.4. The highest BCUT2D eigenvalue weighted by Gasteiger charge is 2.35. The molecule has 0 aliphatic rings. The zero-order chi connectivity index (χ0) is 38.7. The molecule has 0 saturated heterocycles. The van der Waals surface area contributed by atoms with Crippen molar-refractivity contribution >= 4 is 28.6 Å². The maximum atomic E-state index is 14.5. The van der Waals surface area contributed by atoms with Crippen molar-refractivity contribution in [3.8, 4) is 5.75 Å². The highest BCUT2D eigenvalue weighted by atomic mass is 16.5. The number of aryl methyl sites for hydroxylation is 2. The summed E-state index contributed by atoms with van der Waals surface area (Å²) in [4.78, 5) is 45.0. The number of methoxy groups -OCH3 is 1. The molecule has 5 rings (SSSR count). The van der Waals surface area contributed by atoms with Gasteiger partial charge in [-0.05, 0) is 85.4 Å². The zero-order valence-electron chi connectivity index (χ0n) is 32.0. The standard InChI is InChI=1S/C46H56N4O5/c1-55-38-28-26-36(27-29-38)21-15-24-40(41(45(52)50-54)23-12-4-2-3-7-16-34-17-8-5-9-18-34)44(51)49-43(32-37-33-48-42-25-14-13-22-39(37)42)46(53)47-31-30-35-19-10-6-11-20-35/h5-6,8-11,13-14,17-20,22,25-29,33,40-41,43,48,54H,2-4,7,12,15-16,21,23-24,30-32H2,1H3,(H,47,53)(H,49,51)(H,50,52)/t40-,41+,43+/m0/s1. The van der Waals surface area contributed by atoms with Gasteiger partial charge in [0, 0.05) is 36.0 Å². The molecule has 4 aromatic carbocycles. The van der Waals surface area contributed by atoms with Crippen molar-refractivity contribution < 1.29 is 24.3 Å². The van der Waals surface area contributed by atoms with E-state index in [-0.39, 0.29) is 18.2 Å². The van der Waals surface area contributed by atoms with E-state index in [2.05, 4.69) is 39.9 Å². The summed E-state index contributed by atoms with van der Waals surface area (Å²) in [5, 5.41) is 17.0. The van der Waals surface area contributed by atoms with Crippen LogP contribution in [0.5, 0.6) is 5.75 Å². The molecule has 3 amide bonds. The molecule has 5 N–H and O–H groups in total. The van der Waals surface area contributed by atoms with Crippen molar-refractivity contribution in [2.24, 2.45) is 11.8 Å². The minimum Gasteiger partial charge on any atom is -0.497 e. The van der Waals surface area contributed by atoms with Crippen molar-refractivity contribution in [2.45, 2.75) is 83.1 Å². The fourth-order valence-corrected chi connectivity index (χ4v) is 7.41. The van der Waals surface area contributed by atoms with Crippen LogP contribution in [-0.2, 0) is 40.1 Å². The van der Waals surface area contributed by atoms with Gasteiger partial charge >= 0.3 is 0 Å². The summed E-state index contributed by atoms with van der Waals surface area (Å²) in [5.74, 6) is -1.98. The number of ether oxygens (including phenoxy) is 1. The fraction of sp³-hybridized carbons (Fsp3) is 0.370. The van der Waals surface area contributed by atoms with Gasteiger partial charge in [-0.25, -0.2) is 5.48 Å². The van der Waals surface area contributed by atoms with Crippen LogP contribution in [0.1, 0.15) is 73.6 Å². The number of aromatic amines is 1. The van der Waals surface area contributed by atoms with E-state index in [4.69, 9.17) is 4.74 Å². The van der Waals surface area contributed by atoms with Gasteiger partial charge in [0.05, 0.1) is 13.0 Å². The predicted molar refractivity (Wildman–Crippen MR) is 218 cm³/mol. The second-order valence-corrected chi connectivity index (χ2v) is 14.4. The molecule has 0 bridgehead atoms. The third-order valence-electron chi connectivity index (χ3n) is 10.5. The molecule has 290 valence electrons. The third kappa shape index (κ3) is 12.9. The Hall–Kier alpha value is -5.41. The number of carbonyl (C=O) groups excluding carboxylic acids is 3. The van der Waals surface area contributed by atoms with E-state index in [1.54, 1.807) is 7.11 Å². The monoisotopic (exact) mass is 744 g/mol. The number of hydrogen-bond acceptors (Lipinski definition) is 5. The van der Waals surface area contributed by atoms with Crippen molar-refractivity contribution in [1.82, 2.24) is 21.1 Å². The Labute approximate surface area is 325 Å². The van der Waals surface area contributed by atoms with E-state index < -0.39 is 23.8 Å². The molecule has 0 aliphatic carbocycles. The van der Waals surface area contributed by atoms with E-state index in [1.807, 2.05) is 96.6 Å². The summed E-state index contributed by atoms with van der Waals surface area (Å²) < 4.78 is 5.31. The minimum absolute atomic E-state index is 0.269. The Morgan fingerprint density at radius 3 is 1.93 bits per heavy atom. The van der Waals surface area contributed by atoms with Crippen LogP contribution >= 0.6 is 0 Å². The van der Waals surface area contributed by atoms with Crippen LogP contribution in [0.2, 0.25) is 0 Å². The number of hydrogen-bond donors (Lipinski definition) is 5. The van der Waals surface area contributed by atoms with Gasteiger partial charge in [0.25, 0.3) is 0 Å². The summed E-state index contributed by atoms with van der Waals surface area (Å²) in [7, 11) is 1.63. The summed E-state index contributed by atoms with van der Waals surface area (Å²) in [6, 6.07) is 35.2. The quantitative estimate of drug-likeness (QED) is 0.0264. The Balaban J connectivity index is 1.29. The van der Waals surface area contributed by atoms with E-state index in [0.717, 1.165) is 71.9 Å². The van der Waals surface area contributed by atoms with Crippen LogP contribution in [0.15, 0.2) is 115 Å². The molecule has 0 radical (unpaired) electrons. The number of rotatable bonds is 23. The Morgan fingerprint density at radius 1 is 0.636 bits per heavy atom. The highest BCUT2D eigenvalue weighted by Crippen LogP contribution is 2.27. The number of H-pyrrole nitrogens is 1. The molecule has 0 spiro atoms. The van der Waals surface area contributed by atoms with Gasteiger partial charge in [0.1, 0.15) is 11.8 Å². The van der Waals surface area contributed by atoms with Crippen molar-refractivity contribution in [2.75, 3.05) is 13.7 Å². The molecule has 0 fully saturated rings. The van der Waals surface area contributed by atoms with Crippen molar-refractivity contribution in [3.63, 3.8) is 0 Å². The largest absolute Gasteiger partial charge is 0.497 e.